The van der Waals surface area contributed by atoms with Crippen molar-refractivity contribution in [3.63, 3.8) is 0 Å². The van der Waals surface area contributed by atoms with Gasteiger partial charge in [-0.05, 0) is 48.6 Å². The second-order valence-electron chi connectivity index (χ2n) is 9.29. The van der Waals surface area contributed by atoms with Gasteiger partial charge in [0, 0.05) is 52.8 Å². The largest absolute Gasteiger partial charge is 0.398 e. The molecule has 2 aromatic carbocycles. The van der Waals surface area contributed by atoms with Crippen LogP contribution in [0.4, 0.5) is 5.69 Å². The van der Waals surface area contributed by atoms with Crippen molar-refractivity contribution in [3.05, 3.63) is 77.7 Å². The SMILES string of the molecule is Nc1c(-c2cccc3[nH]ncc23)cc(-c2cnn(CC3CC3)c2)c2nc(-c3ccncc3)[nH]c(=O)c12. The van der Waals surface area contributed by atoms with Gasteiger partial charge in [-0.25, -0.2) is 4.98 Å². The number of anilines is 1. The van der Waals surface area contributed by atoms with Gasteiger partial charge in [0.1, 0.15) is 5.82 Å². The number of benzene rings is 2. The van der Waals surface area contributed by atoms with Crippen LogP contribution < -0.4 is 11.3 Å². The minimum atomic E-state index is -0.294. The van der Waals surface area contributed by atoms with E-state index < -0.39 is 0 Å². The quantitative estimate of drug-likeness (QED) is 0.318. The van der Waals surface area contributed by atoms with Crippen molar-refractivity contribution in [3.8, 4) is 33.6 Å². The molecule has 0 aliphatic heterocycles. The summed E-state index contributed by atoms with van der Waals surface area (Å²) in [5, 5.41) is 13.1. The van der Waals surface area contributed by atoms with Gasteiger partial charge in [0.2, 0.25) is 0 Å². The first-order valence-electron chi connectivity index (χ1n) is 11.9. The first-order chi connectivity index (χ1) is 17.7. The number of nitrogens with two attached hydrogens (primary N) is 1. The maximum absolute atomic E-state index is 13.5. The van der Waals surface area contributed by atoms with Crippen LogP contribution in [0, 0.1) is 5.92 Å². The van der Waals surface area contributed by atoms with Gasteiger partial charge in [0.15, 0.2) is 0 Å². The van der Waals surface area contributed by atoms with Gasteiger partial charge < -0.3 is 10.7 Å². The van der Waals surface area contributed by atoms with Gasteiger partial charge in [-0.1, -0.05) is 12.1 Å². The van der Waals surface area contributed by atoms with Crippen molar-refractivity contribution in [2.45, 2.75) is 19.4 Å². The Kier molecular flexibility index (Phi) is 4.50. The third kappa shape index (κ3) is 3.36. The minimum absolute atomic E-state index is 0.294. The Morgan fingerprint density at radius 3 is 2.72 bits per heavy atom. The molecule has 0 spiro atoms. The number of nitrogens with one attached hydrogen (secondary N) is 2. The number of rotatable bonds is 5. The molecule has 4 N–H and O–H groups in total. The van der Waals surface area contributed by atoms with E-state index in [-0.39, 0.29) is 5.56 Å². The monoisotopic (exact) mass is 474 g/mol. The van der Waals surface area contributed by atoms with Crippen LogP contribution >= 0.6 is 0 Å². The van der Waals surface area contributed by atoms with Crippen molar-refractivity contribution in [2.24, 2.45) is 5.92 Å². The van der Waals surface area contributed by atoms with E-state index in [1.165, 1.54) is 12.8 Å². The summed E-state index contributed by atoms with van der Waals surface area (Å²) >= 11 is 0. The van der Waals surface area contributed by atoms with E-state index in [0.717, 1.165) is 45.3 Å². The number of nitrogens with zero attached hydrogens (tertiary/aromatic N) is 5. The van der Waals surface area contributed by atoms with Crippen LogP contribution in [0.2, 0.25) is 0 Å². The number of aromatic nitrogens is 7. The van der Waals surface area contributed by atoms with Gasteiger partial charge in [-0.15, -0.1) is 0 Å². The minimum Gasteiger partial charge on any atom is -0.398 e. The Morgan fingerprint density at radius 1 is 1.03 bits per heavy atom. The number of nitrogen functional groups attached to an aromatic ring is 1. The molecule has 4 heterocycles. The van der Waals surface area contributed by atoms with Crippen molar-refractivity contribution in [1.29, 1.82) is 0 Å². The molecular weight excluding hydrogens is 452 g/mol. The lowest BCUT2D eigenvalue weighted by molar-refractivity contribution is 0.563. The van der Waals surface area contributed by atoms with Gasteiger partial charge in [0.05, 0.1) is 34.5 Å². The van der Waals surface area contributed by atoms with Crippen LogP contribution in [0.25, 0.3) is 55.4 Å². The highest BCUT2D eigenvalue weighted by atomic mass is 16.1. The summed E-state index contributed by atoms with van der Waals surface area (Å²) in [5.74, 6) is 1.15. The zero-order valence-corrected chi connectivity index (χ0v) is 19.3. The van der Waals surface area contributed by atoms with Gasteiger partial charge in [-0.2, -0.15) is 10.2 Å². The molecule has 1 aliphatic carbocycles. The van der Waals surface area contributed by atoms with Crippen LogP contribution in [-0.4, -0.2) is 34.9 Å². The van der Waals surface area contributed by atoms with E-state index in [1.807, 2.05) is 53.5 Å². The maximum atomic E-state index is 13.5. The number of hydrogen-bond donors (Lipinski definition) is 3. The van der Waals surface area contributed by atoms with Crippen molar-refractivity contribution in [1.82, 2.24) is 34.9 Å². The zero-order valence-electron chi connectivity index (χ0n) is 19.3. The summed E-state index contributed by atoms with van der Waals surface area (Å²) in [7, 11) is 0. The average Bonchev–Trinajstić information content (AvgIpc) is 3.36. The summed E-state index contributed by atoms with van der Waals surface area (Å²) in [6, 6.07) is 11.5. The first kappa shape index (κ1) is 20.6. The molecule has 9 nitrogen and oxygen atoms in total. The number of pyridine rings is 1. The summed E-state index contributed by atoms with van der Waals surface area (Å²) in [5.41, 5.74) is 12.3. The van der Waals surface area contributed by atoms with Gasteiger partial charge in [0.25, 0.3) is 5.56 Å². The summed E-state index contributed by atoms with van der Waals surface area (Å²) in [4.78, 5) is 25.4. The third-order valence-corrected chi connectivity index (χ3v) is 6.84. The number of fused-ring (bicyclic) bond motifs is 2. The lowest BCUT2D eigenvalue weighted by Crippen LogP contribution is -2.13. The predicted molar refractivity (Wildman–Crippen MR) is 139 cm³/mol. The molecule has 0 radical (unpaired) electrons. The fourth-order valence-electron chi connectivity index (χ4n) is 4.80. The fourth-order valence-corrected chi connectivity index (χ4v) is 4.80. The molecule has 0 saturated heterocycles. The number of aromatic amines is 2. The smallest absolute Gasteiger partial charge is 0.261 e. The topological polar surface area (TPSA) is 131 Å². The van der Waals surface area contributed by atoms with Crippen LogP contribution in [0.15, 0.2) is 72.2 Å². The Hall–Kier alpha value is -4.79. The molecule has 6 aromatic rings. The van der Waals surface area contributed by atoms with Crippen molar-refractivity contribution in [2.75, 3.05) is 5.73 Å². The molecular formula is C27H22N8O. The Balaban J connectivity index is 1.52. The van der Waals surface area contributed by atoms with E-state index in [0.29, 0.717) is 28.3 Å². The van der Waals surface area contributed by atoms with Crippen molar-refractivity contribution < 1.29 is 0 Å². The zero-order chi connectivity index (χ0) is 24.2. The molecule has 1 fully saturated rings. The van der Waals surface area contributed by atoms with Crippen LogP contribution in [0.3, 0.4) is 0 Å². The van der Waals surface area contributed by atoms with Gasteiger partial charge in [-0.3, -0.25) is 19.6 Å². The molecule has 4 aromatic heterocycles. The lowest BCUT2D eigenvalue weighted by Gasteiger charge is -2.14. The van der Waals surface area contributed by atoms with E-state index >= 15 is 0 Å². The molecule has 1 saturated carbocycles. The van der Waals surface area contributed by atoms with Crippen molar-refractivity contribution >= 4 is 27.5 Å². The summed E-state index contributed by atoms with van der Waals surface area (Å²) in [6.45, 7) is 0.893. The van der Waals surface area contributed by atoms with E-state index in [9.17, 15) is 4.79 Å². The van der Waals surface area contributed by atoms with Crippen LogP contribution in [-0.2, 0) is 6.54 Å². The van der Waals surface area contributed by atoms with E-state index in [4.69, 9.17) is 10.7 Å². The number of hydrogen-bond acceptors (Lipinski definition) is 6. The highest BCUT2D eigenvalue weighted by molar-refractivity contribution is 6.09. The average molecular weight is 475 g/mol. The second kappa shape index (κ2) is 7.88. The van der Waals surface area contributed by atoms with Crippen LogP contribution in [0.1, 0.15) is 12.8 Å². The second-order valence-corrected chi connectivity index (χ2v) is 9.29. The van der Waals surface area contributed by atoms with E-state index in [2.05, 4.69) is 25.3 Å². The Morgan fingerprint density at radius 2 is 1.89 bits per heavy atom. The predicted octanol–water partition coefficient (Wildman–Crippen LogP) is 4.38. The summed E-state index contributed by atoms with van der Waals surface area (Å²) in [6.07, 6.45) is 11.5. The Labute approximate surface area is 205 Å². The highest BCUT2D eigenvalue weighted by Crippen LogP contribution is 2.40. The lowest BCUT2D eigenvalue weighted by atomic mass is 9.93. The summed E-state index contributed by atoms with van der Waals surface area (Å²) < 4.78 is 1.97. The first-order valence-corrected chi connectivity index (χ1v) is 11.9. The molecule has 9 heteroatoms. The maximum Gasteiger partial charge on any atom is 0.261 e. The highest BCUT2D eigenvalue weighted by Gasteiger charge is 2.23. The standard InChI is InChI=1S/C27H22N8O/c28-24-20(18-2-1-3-22-21(18)12-30-34-22)10-19(17-11-31-35(14-17)13-15-4-5-15)25-23(24)27(36)33-26(32-25)16-6-8-29-9-7-16/h1-3,6-12,14-15H,4-5,13,28H2,(H,30,34)(H,32,33,36). The van der Waals surface area contributed by atoms with E-state index in [1.54, 1.807) is 18.6 Å². The molecule has 36 heavy (non-hydrogen) atoms. The Bertz CT molecular complexity index is 1810. The molecule has 176 valence electrons. The molecule has 0 atom stereocenters. The fraction of sp³-hybridized carbons (Fsp3) is 0.148. The molecule has 0 bridgehead atoms. The molecule has 7 rings (SSSR count). The normalized spacial score (nSPS) is 13.6. The van der Waals surface area contributed by atoms with Gasteiger partial charge >= 0.3 is 0 Å². The third-order valence-electron chi connectivity index (χ3n) is 6.84. The molecule has 1 aliphatic rings. The number of H-pyrrole nitrogens is 2. The van der Waals surface area contributed by atoms with Crippen LogP contribution in [0.5, 0.6) is 0 Å². The molecule has 0 unspecified atom stereocenters. The molecule has 0 amide bonds.